The summed E-state index contributed by atoms with van der Waals surface area (Å²) in [6, 6.07) is 6.68. The molecule has 0 radical (unpaired) electrons. The first-order valence-corrected chi connectivity index (χ1v) is 8.76. The maximum Gasteiger partial charge on any atom is 0.240 e. The van der Waals surface area contributed by atoms with Crippen LogP contribution < -0.4 is 4.72 Å². The molecule has 1 aromatic carbocycles. The highest BCUT2D eigenvalue weighted by atomic mass is 32.2. The van der Waals surface area contributed by atoms with E-state index in [1.165, 1.54) is 0 Å². The van der Waals surface area contributed by atoms with E-state index >= 15 is 0 Å². The average molecular weight is 309 g/mol. The first kappa shape index (κ1) is 16.2. The van der Waals surface area contributed by atoms with Gasteiger partial charge in [-0.25, -0.2) is 13.1 Å². The van der Waals surface area contributed by atoms with E-state index in [1.807, 2.05) is 19.9 Å². The molecule has 3 atom stereocenters. The Labute approximate surface area is 127 Å². The smallest absolute Gasteiger partial charge is 0.240 e. The second-order valence-electron chi connectivity index (χ2n) is 5.61. The van der Waals surface area contributed by atoms with E-state index in [0.29, 0.717) is 4.90 Å². The SMILES string of the molecule is C=CC[C@H]1CC[C@@H](NS(=O)(=O)c2ccc(C)cc2)[C@@H](C)O1. The number of rotatable bonds is 5. The number of aryl methyl sites for hydroxylation is 1. The summed E-state index contributed by atoms with van der Waals surface area (Å²) in [7, 11) is -3.49. The third-order valence-electron chi connectivity index (χ3n) is 3.84. The molecule has 1 N–H and O–H groups in total. The van der Waals surface area contributed by atoms with Crippen LogP contribution in [0.5, 0.6) is 0 Å². The van der Waals surface area contributed by atoms with Crippen LogP contribution in [0, 0.1) is 6.92 Å². The van der Waals surface area contributed by atoms with Gasteiger partial charge in [0.2, 0.25) is 10.0 Å². The lowest BCUT2D eigenvalue weighted by atomic mass is 9.99. The normalized spacial score (nSPS) is 26.5. The minimum atomic E-state index is -3.49. The van der Waals surface area contributed by atoms with E-state index in [1.54, 1.807) is 24.3 Å². The van der Waals surface area contributed by atoms with Gasteiger partial charge in [0.25, 0.3) is 0 Å². The number of sulfonamides is 1. The van der Waals surface area contributed by atoms with Gasteiger partial charge in [0.15, 0.2) is 0 Å². The Bertz CT molecular complexity index is 580. The predicted octanol–water partition coefficient (Wildman–Crippen LogP) is 2.79. The van der Waals surface area contributed by atoms with E-state index in [9.17, 15) is 8.42 Å². The van der Waals surface area contributed by atoms with Crippen LogP contribution in [0.15, 0.2) is 41.8 Å². The zero-order valence-electron chi connectivity index (χ0n) is 12.6. The molecule has 1 saturated heterocycles. The molecule has 0 spiro atoms. The molecule has 0 aliphatic carbocycles. The van der Waals surface area contributed by atoms with Gasteiger partial charge in [-0.1, -0.05) is 23.8 Å². The second-order valence-corrected chi connectivity index (χ2v) is 7.32. The molecule has 21 heavy (non-hydrogen) atoms. The van der Waals surface area contributed by atoms with Crippen molar-refractivity contribution in [2.45, 2.75) is 56.3 Å². The Morgan fingerprint density at radius 2 is 2.00 bits per heavy atom. The van der Waals surface area contributed by atoms with Crippen LogP contribution in [0.4, 0.5) is 0 Å². The van der Waals surface area contributed by atoms with Crippen molar-refractivity contribution >= 4 is 10.0 Å². The molecule has 0 bridgehead atoms. The maximum atomic E-state index is 12.4. The third kappa shape index (κ3) is 4.15. The number of ether oxygens (including phenoxy) is 1. The lowest BCUT2D eigenvalue weighted by molar-refractivity contribution is -0.0522. The van der Waals surface area contributed by atoms with E-state index in [2.05, 4.69) is 11.3 Å². The van der Waals surface area contributed by atoms with Crippen LogP contribution in [0.2, 0.25) is 0 Å². The summed E-state index contributed by atoms with van der Waals surface area (Å²) in [5.74, 6) is 0. The molecule has 1 aromatic rings. The molecule has 116 valence electrons. The molecule has 2 rings (SSSR count). The lowest BCUT2D eigenvalue weighted by Gasteiger charge is -2.34. The molecule has 1 aliphatic heterocycles. The average Bonchev–Trinajstić information content (AvgIpc) is 2.42. The molecule has 1 aliphatic rings. The molecule has 0 saturated carbocycles. The summed E-state index contributed by atoms with van der Waals surface area (Å²) in [5.41, 5.74) is 1.04. The van der Waals surface area contributed by atoms with Gasteiger partial charge in [-0.15, -0.1) is 6.58 Å². The largest absolute Gasteiger partial charge is 0.373 e. The molecular weight excluding hydrogens is 286 g/mol. The third-order valence-corrected chi connectivity index (χ3v) is 5.35. The Hall–Kier alpha value is -1.17. The van der Waals surface area contributed by atoms with Crippen LogP contribution in [0.1, 0.15) is 31.7 Å². The fourth-order valence-electron chi connectivity index (χ4n) is 2.57. The van der Waals surface area contributed by atoms with Crippen LogP contribution in [0.25, 0.3) is 0 Å². The minimum absolute atomic E-state index is 0.135. The highest BCUT2D eigenvalue weighted by Crippen LogP contribution is 2.23. The van der Waals surface area contributed by atoms with Crippen molar-refractivity contribution in [3.63, 3.8) is 0 Å². The second kappa shape index (κ2) is 6.73. The van der Waals surface area contributed by atoms with E-state index < -0.39 is 10.0 Å². The molecule has 1 fully saturated rings. The van der Waals surface area contributed by atoms with Gasteiger partial charge in [-0.2, -0.15) is 0 Å². The fraction of sp³-hybridized carbons (Fsp3) is 0.500. The summed E-state index contributed by atoms with van der Waals surface area (Å²) in [4.78, 5) is 0.300. The number of nitrogens with one attached hydrogen (secondary N) is 1. The Balaban J connectivity index is 2.04. The van der Waals surface area contributed by atoms with Crippen molar-refractivity contribution in [1.82, 2.24) is 4.72 Å². The minimum Gasteiger partial charge on any atom is -0.373 e. The van der Waals surface area contributed by atoms with Gasteiger partial charge < -0.3 is 4.74 Å². The summed E-state index contributed by atoms with van der Waals surface area (Å²) >= 11 is 0. The van der Waals surface area contributed by atoms with Crippen molar-refractivity contribution in [1.29, 1.82) is 0 Å². The molecule has 1 heterocycles. The Kier molecular flexibility index (Phi) is 5.19. The van der Waals surface area contributed by atoms with E-state index in [0.717, 1.165) is 24.8 Å². The Morgan fingerprint density at radius 3 is 2.57 bits per heavy atom. The summed E-state index contributed by atoms with van der Waals surface area (Å²) in [6.07, 6.45) is 4.29. The van der Waals surface area contributed by atoms with Crippen molar-refractivity contribution in [3.8, 4) is 0 Å². The maximum absolute atomic E-state index is 12.4. The van der Waals surface area contributed by atoms with Gasteiger partial charge in [0.05, 0.1) is 17.1 Å². The molecule has 0 amide bonds. The highest BCUT2D eigenvalue weighted by molar-refractivity contribution is 7.89. The van der Waals surface area contributed by atoms with Gasteiger partial charge in [0, 0.05) is 6.04 Å². The highest BCUT2D eigenvalue weighted by Gasteiger charge is 2.31. The van der Waals surface area contributed by atoms with Crippen molar-refractivity contribution < 1.29 is 13.2 Å². The van der Waals surface area contributed by atoms with Gasteiger partial charge >= 0.3 is 0 Å². The molecule has 0 unspecified atom stereocenters. The first-order valence-electron chi connectivity index (χ1n) is 7.27. The molecule has 4 nitrogen and oxygen atoms in total. The first-order chi connectivity index (χ1) is 9.92. The zero-order chi connectivity index (χ0) is 15.5. The van der Waals surface area contributed by atoms with Crippen molar-refractivity contribution in [2.24, 2.45) is 0 Å². The monoisotopic (exact) mass is 309 g/mol. The molecular formula is C16H23NO3S. The molecule has 0 aromatic heterocycles. The lowest BCUT2D eigenvalue weighted by Crippen LogP contribution is -2.47. The fourth-order valence-corrected chi connectivity index (χ4v) is 3.90. The topological polar surface area (TPSA) is 55.4 Å². The Morgan fingerprint density at radius 1 is 1.33 bits per heavy atom. The summed E-state index contributed by atoms with van der Waals surface area (Å²) in [6.45, 7) is 7.56. The quantitative estimate of drug-likeness (QED) is 0.851. The van der Waals surface area contributed by atoms with Crippen molar-refractivity contribution in [2.75, 3.05) is 0 Å². The van der Waals surface area contributed by atoms with Gasteiger partial charge in [-0.3, -0.25) is 0 Å². The van der Waals surface area contributed by atoms with Crippen LogP contribution in [-0.4, -0.2) is 26.7 Å². The van der Waals surface area contributed by atoms with Crippen LogP contribution in [-0.2, 0) is 14.8 Å². The van der Waals surface area contributed by atoms with Crippen LogP contribution >= 0.6 is 0 Å². The van der Waals surface area contributed by atoms with Gasteiger partial charge in [-0.05, 0) is 45.2 Å². The number of hydrogen-bond donors (Lipinski definition) is 1. The summed E-state index contributed by atoms with van der Waals surface area (Å²) in [5, 5.41) is 0. The zero-order valence-corrected chi connectivity index (χ0v) is 13.4. The van der Waals surface area contributed by atoms with E-state index in [4.69, 9.17) is 4.74 Å². The summed E-state index contributed by atoms with van der Waals surface area (Å²) < 4.78 is 33.4. The standard InChI is InChI=1S/C16H23NO3S/c1-4-5-14-8-11-16(13(3)20-14)17-21(18,19)15-9-6-12(2)7-10-15/h4,6-7,9-10,13-14,16-17H,1,5,8,11H2,2-3H3/t13-,14+,16-/m1/s1. The molecule has 5 heteroatoms. The van der Waals surface area contributed by atoms with E-state index in [-0.39, 0.29) is 18.2 Å². The van der Waals surface area contributed by atoms with Gasteiger partial charge in [0.1, 0.15) is 0 Å². The predicted molar refractivity (Wildman–Crippen MR) is 83.7 cm³/mol. The number of benzene rings is 1. The van der Waals surface area contributed by atoms with Crippen LogP contribution in [0.3, 0.4) is 0 Å². The number of hydrogen-bond acceptors (Lipinski definition) is 3. The van der Waals surface area contributed by atoms with Crippen molar-refractivity contribution in [3.05, 3.63) is 42.5 Å².